The average molecular weight is 275 g/mol. The van der Waals surface area contributed by atoms with Gasteiger partial charge < -0.3 is 5.11 Å². The predicted molar refractivity (Wildman–Crippen MR) is 63.0 cm³/mol. The van der Waals surface area contributed by atoms with E-state index in [9.17, 15) is 8.42 Å². The third-order valence-corrected chi connectivity index (χ3v) is 3.83. The minimum atomic E-state index is -3.76. The summed E-state index contributed by atoms with van der Waals surface area (Å²) in [6, 6.07) is 5.75. The molecule has 0 radical (unpaired) electrons. The summed E-state index contributed by atoms with van der Waals surface area (Å²) < 4.78 is 25.7. The van der Waals surface area contributed by atoms with Crippen LogP contribution in [-0.4, -0.2) is 26.2 Å². The summed E-state index contributed by atoms with van der Waals surface area (Å²) in [5.41, 5.74) is 0.282. The molecule has 0 bridgehead atoms. The predicted octanol–water partition coefficient (Wildman–Crippen LogP) is 0.871. The van der Waals surface area contributed by atoms with E-state index in [1.807, 2.05) is 6.07 Å². The Morgan fingerprint density at radius 2 is 2.24 bits per heavy atom. The zero-order valence-corrected chi connectivity index (χ0v) is 10.6. The first-order valence-corrected chi connectivity index (χ1v) is 6.60. The molecular weight excluding hydrogens is 264 g/mol. The van der Waals surface area contributed by atoms with E-state index in [1.165, 1.54) is 25.1 Å². The van der Waals surface area contributed by atoms with Crippen molar-refractivity contribution in [3.63, 3.8) is 0 Å². The molecule has 1 unspecified atom stereocenters. The summed E-state index contributed by atoms with van der Waals surface area (Å²) in [4.78, 5) is -0.112. The van der Waals surface area contributed by atoms with E-state index in [0.29, 0.717) is 0 Å². The van der Waals surface area contributed by atoms with Gasteiger partial charge in [-0.25, -0.2) is 13.1 Å². The first-order chi connectivity index (χ1) is 7.86. The van der Waals surface area contributed by atoms with Crippen LogP contribution in [0.3, 0.4) is 0 Å². The van der Waals surface area contributed by atoms with Gasteiger partial charge in [0.05, 0.1) is 22.8 Å². The third kappa shape index (κ3) is 3.68. The molecule has 0 saturated carbocycles. The zero-order valence-electron chi connectivity index (χ0n) is 9.01. The molecule has 0 amide bonds. The highest BCUT2D eigenvalue weighted by Crippen LogP contribution is 2.22. The van der Waals surface area contributed by atoms with Crippen LogP contribution in [0, 0.1) is 11.3 Å². The second-order valence-electron chi connectivity index (χ2n) is 3.46. The SMILES string of the molecule is CC(O)CNS(=O)(=O)c1ccc(C#N)cc1Cl. The Balaban J connectivity index is 3.04. The minimum absolute atomic E-state index is 0.0258. The number of hydrogen-bond acceptors (Lipinski definition) is 4. The van der Waals surface area contributed by atoms with Crippen LogP contribution >= 0.6 is 11.6 Å². The molecule has 0 aromatic heterocycles. The molecule has 1 aromatic carbocycles. The van der Waals surface area contributed by atoms with Gasteiger partial charge in [0.2, 0.25) is 10.0 Å². The van der Waals surface area contributed by atoms with Crippen LogP contribution < -0.4 is 4.72 Å². The Hall–Kier alpha value is -1.13. The highest BCUT2D eigenvalue weighted by molar-refractivity contribution is 7.89. The summed E-state index contributed by atoms with van der Waals surface area (Å²) in [6.45, 7) is 1.36. The highest BCUT2D eigenvalue weighted by atomic mass is 35.5. The van der Waals surface area contributed by atoms with Gasteiger partial charge in [-0.05, 0) is 25.1 Å². The Kier molecular flexibility index (Phi) is 4.48. The number of aliphatic hydroxyl groups is 1. The average Bonchev–Trinajstić information content (AvgIpc) is 2.26. The topological polar surface area (TPSA) is 90.2 Å². The van der Waals surface area contributed by atoms with E-state index >= 15 is 0 Å². The molecule has 0 aliphatic carbocycles. The van der Waals surface area contributed by atoms with Crippen molar-refractivity contribution in [1.82, 2.24) is 4.72 Å². The lowest BCUT2D eigenvalue weighted by Crippen LogP contribution is -2.30. The molecule has 5 nitrogen and oxygen atoms in total. The third-order valence-electron chi connectivity index (χ3n) is 1.92. The maximum Gasteiger partial charge on any atom is 0.242 e. The van der Waals surface area contributed by atoms with Gasteiger partial charge in [-0.2, -0.15) is 5.26 Å². The number of nitrogens with zero attached hydrogens (tertiary/aromatic N) is 1. The lowest BCUT2D eigenvalue weighted by molar-refractivity contribution is 0.198. The van der Waals surface area contributed by atoms with Crippen LogP contribution in [0.25, 0.3) is 0 Å². The lowest BCUT2D eigenvalue weighted by atomic mass is 10.2. The maximum absolute atomic E-state index is 11.8. The fourth-order valence-electron chi connectivity index (χ4n) is 1.10. The van der Waals surface area contributed by atoms with E-state index in [2.05, 4.69) is 4.72 Å². The van der Waals surface area contributed by atoms with Crippen molar-refractivity contribution in [1.29, 1.82) is 5.26 Å². The monoisotopic (exact) mass is 274 g/mol. The number of rotatable bonds is 4. The van der Waals surface area contributed by atoms with Crippen LogP contribution in [-0.2, 0) is 10.0 Å². The number of sulfonamides is 1. The summed E-state index contributed by atoms with van der Waals surface area (Å²) >= 11 is 5.78. The van der Waals surface area contributed by atoms with E-state index in [4.69, 9.17) is 22.0 Å². The van der Waals surface area contributed by atoms with Gasteiger partial charge in [0, 0.05) is 6.54 Å². The Bertz CT molecular complexity index is 549. The number of benzene rings is 1. The molecular formula is C10H11ClN2O3S. The van der Waals surface area contributed by atoms with Crippen molar-refractivity contribution >= 4 is 21.6 Å². The van der Waals surface area contributed by atoms with E-state index in [1.54, 1.807) is 0 Å². The summed E-state index contributed by atoms with van der Waals surface area (Å²) in [6.07, 6.45) is -0.790. The fraction of sp³-hybridized carbons (Fsp3) is 0.300. The van der Waals surface area contributed by atoms with E-state index in [-0.39, 0.29) is 22.0 Å². The van der Waals surface area contributed by atoms with Crippen LogP contribution in [0.15, 0.2) is 23.1 Å². The minimum Gasteiger partial charge on any atom is -0.392 e. The molecule has 0 heterocycles. The summed E-state index contributed by atoms with van der Waals surface area (Å²) in [5.74, 6) is 0. The summed E-state index contributed by atoms with van der Waals surface area (Å²) in [7, 11) is -3.76. The van der Waals surface area contributed by atoms with Crippen molar-refractivity contribution in [2.24, 2.45) is 0 Å². The molecule has 17 heavy (non-hydrogen) atoms. The van der Waals surface area contributed by atoms with Crippen LogP contribution in [0.2, 0.25) is 5.02 Å². The first-order valence-electron chi connectivity index (χ1n) is 4.74. The molecule has 7 heteroatoms. The van der Waals surface area contributed by atoms with Gasteiger partial charge in [-0.15, -0.1) is 0 Å². The quantitative estimate of drug-likeness (QED) is 0.852. The van der Waals surface area contributed by atoms with Crippen molar-refractivity contribution in [3.8, 4) is 6.07 Å². The van der Waals surface area contributed by atoms with Gasteiger partial charge in [0.1, 0.15) is 4.90 Å². The molecule has 0 spiro atoms. The van der Waals surface area contributed by atoms with Gasteiger partial charge in [0.15, 0.2) is 0 Å². The number of hydrogen-bond donors (Lipinski definition) is 2. The standard InChI is InChI=1S/C10H11ClN2O3S/c1-7(14)6-13-17(15,16)10-3-2-8(5-12)4-9(10)11/h2-4,7,13-14H,6H2,1H3. The van der Waals surface area contributed by atoms with Crippen LogP contribution in [0.4, 0.5) is 0 Å². The second-order valence-corrected chi connectivity index (χ2v) is 5.60. The molecule has 1 aromatic rings. The zero-order chi connectivity index (χ0) is 13.1. The Labute approximate surface area is 105 Å². The molecule has 0 fully saturated rings. The normalized spacial score (nSPS) is 13.1. The molecule has 2 N–H and O–H groups in total. The molecule has 1 rings (SSSR count). The van der Waals surface area contributed by atoms with Crippen molar-refractivity contribution in [3.05, 3.63) is 28.8 Å². The van der Waals surface area contributed by atoms with Crippen molar-refractivity contribution in [2.75, 3.05) is 6.54 Å². The van der Waals surface area contributed by atoms with Crippen LogP contribution in [0.1, 0.15) is 12.5 Å². The first kappa shape index (κ1) is 13.9. The fourth-order valence-corrected chi connectivity index (χ4v) is 2.76. The highest BCUT2D eigenvalue weighted by Gasteiger charge is 2.18. The number of aliphatic hydroxyl groups excluding tert-OH is 1. The van der Waals surface area contributed by atoms with Gasteiger partial charge in [0.25, 0.3) is 0 Å². The second kappa shape index (κ2) is 5.47. The van der Waals surface area contributed by atoms with E-state index < -0.39 is 16.1 Å². The van der Waals surface area contributed by atoms with Gasteiger partial charge in [-0.3, -0.25) is 0 Å². The molecule has 0 aliphatic heterocycles. The molecule has 92 valence electrons. The van der Waals surface area contributed by atoms with Crippen LogP contribution in [0.5, 0.6) is 0 Å². The van der Waals surface area contributed by atoms with Crippen molar-refractivity contribution < 1.29 is 13.5 Å². The van der Waals surface area contributed by atoms with Crippen molar-refractivity contribution in [2.45, 2.75) is 17.9 Å². The van der Waals surface area contributed by atoms with Gasteiger partial charge in [-0.1, -0.05) is 11.6 Å². The molecule has 0 saturated heterocycles. The lowest BCUT2D eigenvalue weighted by Gasteiger charge is -2.09. The molecule has 1 atom stereocenters. The van der Waals surface area contributed by atoms with Gasteiger partial charge >= 0.3 is 0 Å². The molecule has 0 aliphatic rings. The maximum atomic E-state index is 11.8. The Morgan fingerprint density at radius 3 is 2.71 bits per heavy atom. The summed E-state index contributed by atoms with van der Waals surface area (Å²) in [5, 5.41) is 17.6. The largest absolute Gasteiger partial charge is 0.392 e. The van der Waals surface area contributed by atoms with E-state index in [0.717, 1.165) is 0 Å². The number of nitrogens with one attached hydrogen (secondary N) is 1. The number of nitriles is 1. The smallest absolute Gasteiger partial charge is 0.242 e. The Morgan fingerprint density at radius 1 is 1.59 bits per heavy atom. The number of halogens is 1.